The molecule has 1 aliphatic rings. The molecule has 0 spiro atoms. The van der Waals surface area contributed by atoms with Gasteiger partial charge in [-0.25, -0.2) is 13.6 Å². The van der Waals surface area contributed by atoms with Gasteiger partial charge in [-0.1, -0.05) is 23.2 Å². The Hall–Kier alpha value is -1.85. The SMILES string of the molecule is O=C(Nc1ccc(Cl)c(Cl)c1)N1CCc2cc(F)c(F)cc2C1. The number of carbonyl (C=O) groups is 1. The van der Waals surface area contributed by atoms with Crippen LogP contribution in [0.5, 0.6) is 0 Å². The summed E-state index contributed by atoms with van der Waals surface area (Å²) in [4.78, 5) is 13.8. The molecule has 1 N–H and O–H groups in total. The van der Waals surface area contributed by atoms with Crippen molar-refractivity contribution in [1.29, 1.82) is 0 Å². The van der Waals surface area contributed by atoms with E-state index in [4.69, 9.17) is 23.2 Å². The van der Waals surface area contributed by atoms with Crippen LogP contribution in [-0.2, 0) is 13.0 Å². The minimum Gasteiger partial charge on any atom is -0.320 e. The quantitative estimate of drug-likeness (QED) is 0.777. The summed E-state index contributed by atoms with van der Waals surface area (Å²) in [5.74, 6) is -1.77. The lowest BCUT2D eigenvalue weighted by atomic mass is 9.99. The van der Waals surface area contributed by atoms with Crippen molar-refractivity contribution in [2.75, 3.05) is 11.9 Å². The predicted molar refractivity (Wildman–Crippen MR) is 86.0 cm³/mol. The van der Waals surface area contributed by atoms with Crippen molar-refractivity contribution in [3.8, 4) is 0 Å². The molecule has 0 fully saturated rings. The standard InChI is InChI=1S/C16H12Cl2F2N2O/c17-12-2-1-11(7-13(12)18)21-16(23)22-4-3-9-5-14(19)15(20)6-10(9)8-22/h1-2,5-7H,3-4,8H2,(H,21,23). The second-order valence-electron chi connectivity index (χ2n) is 5.27. The van der Waals surface area contributed by atoms with Gasteiger partial charge in [0, 0.05) is 18.8 Å². The van der Waals surface area contributed by atoms with E-state index in [0.717, 1.165) is 11.6 Å². The zero-order valence-electron chi connectivity index (χ0n) is 11.9. The third-order valence-electron chi connectivity index (χ3n) is 3.71. The van der Waals surface area contributed by atoms with E-state index in [1.54, 1.807) is 18.2 Å². The number of carbonyl (C=O) groups excluding carboxylic acids is 1. The molecule has 0 saturated carbocycles. The van der Waals surface area contributed by atoms with Crippen molar-refractivity contribution in [2.45, 2.75) is 13.0 Å². The average Bonchev–Trinajstić information content (AvgIpc) is 2.51. The third kappa shape index (κ3) is 3.41. The molecule has 0 aromatic heterocycles. The van der Waals surface area contributed by atoms with Gasteiger partial charge in [-0.05, 0) is 47.9 Å². The maximum absolute atomic E-state index is 13.3. The van der Waals surface area contributed by atoms with Gasteiger partial charge in [0.15, 0.2) is 11.6 Å². The highest BCUT2D eigenvalue weighted by Gasteiger charge is 2.22. The molecule has 0 bridgehead atoms. The summed E-state index contributed by atoms with van der Waals surface area (Å²) < 4.78 is 26.6. The topological polar surface area (TPSA) is 32.3 Å². The Balaban J connectivity index is 1.73. The largest absolute Gasteiger partial charge is 0.322 e. The van der Waals surface area contributed by atoms with Gasteiger partial charge in [0.05, 0.1) is 10.0 Å². The number of fused-ring (bicyclic) bond motifs is 1. The lowest BCUT2D eigenvalue weighted by Gasteiger charge is -2.29. The number of benzene rings is 2. The highest BCUT2D eigenvalue weighted by molar-refractivity contribution is 6.42. The van der Waals surface area contributed by atoms with Gasteiger partial charge in [0.2, 0.25) is 0 Å². The summed E-state index contributed by atoms with van der Waals surface area (Å²) in [6, 6.07) is 6.78. The highest BCUT2D eigenvalue weighted by Crippen LogP contribution is 2.26. The van der Waals surface area contributed by atoms with Crippen molar-refractivity contribution in [1.82, 2.24) is 4.90 Å². The van der Waals surface area contributed by atoms with E-state index >= 15 is 0 Å². The van der Waals surface area contributed by atoms with Crippen LogP contribution in [0.1, 0.15) is 11.1 Å². The number of urea groups is 1. The van der Waals surface area contributed by atoms with Crippen LogP contribution >= 0.6 is 23.2 Å². The zero-order valence-corrected chi connectivity index (χ0v) is 13.4. The van der Waals surface area contributed by atoms with Crippen molar-refractivity contribution >= 4 is 34.9 Å². The van der Waals surface area contributed by atoms with Crippen LogP contribution in [0.3, 0.4) is 0 Å². The third-order valence-corrected chi connectivity index (χ3v) is 4.45. The Kier molecular flexibility index (Phi) is 4.41. The minimum atomic E-state index is -0.907. The Morgan fingerprint density at radius 2 is 1.74 bits per heavy atom. The van der Waals surface area contributed by atoms with Gasteiger partial charge in [-0.3, -0.25) is 0 Å². The summed E-state index contributed by atoms with van der Waals surface area (Å²) >= 11 is 11.7. The molecular weight excluding hydrogens is 345 g/mol. The maximum atomic E-state index is 13.3. The molecule has 3 nitrogen and oxygen atoms in total. The Morgan fingerprint density at radius 1 is 1.04 bits per heavy atom. The molecule has 3 rings (SSSR count). The summed E-state index contributed by atoms with van der Waals surface area (Å²) in [5.41, 5.74) is 1.85. The molecular formula is C16H12Cl2F2N2O. The number of amides is 2. The maximum Gasteiger partial charge on any atom is 0.322 e. The first-order chi connectivity index (χ1) is 10.9. The molecule has 0 aliphatic carbocycles. The first-order valence-electron chi connectivity index (χ1n) is 6.92. The van der Waals surface area contributed by atoms with Crippen molar-refractivity contribution in [3.63, 3.8) is 0 Å². The molecule has 7 heteroatoms. The van der Waals surface area contributed by atoms with Gasteiger partial charge in [0.25, 0.3) is 0 Å². The zero-order chi connectivity index (χ0) is 16.6. The Morgan fingerprint density at radius 3 is 2.43 bits per heavy atom. The van der Waals surface area contributed by atoms with Crippen LogP contribution in [0, 0.1) is 11.6 Å². The van der Waals surface area contributed by atoms with Gasteiger partial charge in [0.1, 0.15) is 0 Å². The predicted octanol–water partition coefficient (Wildman–Crippen LogP) is 4.86. The fraction of sp³-hybridized carbons (Fsp3) is 0.188. The van der Waals surface area contributed by atoms with Crippen LogP contribution in [-0.4, -0.2) is 17.5 Å². The number of nitrogens with zero attached hydrogens (tertiary/aromatic N) is 1. The summed E-state index contributed by atoms with van der Waals surface area (Å²) in [6.45, 7) is 0.644. The van der Waals surface area contributed by atoms with Gasteiger partial charge < -0.3 is 10.2 Å². The van der Waals surface area contributed by atoms with Crippen molar-refractivity contribution in [2.24, 2.45) is 0 Å². The van der Waals surface area contributed by atoms with Gasteiger partial charge >= 0.3 is 6.03 Å². The second kappa shape index (κ2) is 6.34. The van der Waals surface area contributed by atoms with Crippen LogP contribution < -0.4 is 5.32 Å². The van der Waals surface area contributed by atoms with E-state index in [2.05, 4.69) is 5.32 Å². The normalized spacial score (nSPS) is 13.7. The number of halogens is 4. The molecule has 2 aromatic rings. The number of nitrogens with one attached hydrogen (secondary N) is 1. The average molecular weight is 357 g/mol. The van der Waals surface area contributed by atoms with E-state index in [9.17, 15) is 13.6 Å². The van der Waals surface area contributed by atoms with Crippen LogP contribution in [0.15, 0.2) is 30.3 Å². The van der Waals surface area contributed by atoms with E-state index in [1.165, 1.54) is 11.0 Å². The van der Waals surface area contributed by atoms with E-state index < -0.39 is 11.6 Å². The molecule has 1 heterocycles. The highest BCUT2D eigenvalue weighted by atomic mass is 35.5. The Labute approximate surface area is 141 Å². The van der Waals surface area contributed by atoms with Crippen molar-refractivity contribution < 1.29 is 13.6 Å². The molecule has 2 amide bonds. The van der Waals surface area contributed by atoms with E-state index in [1.807, 2.05) is 0 Å². The summed E-state index contributed by atoms with van der Waals surface area (Å²) in [5, 5.41) is 3.45. The van der Waals surface area contributed by atoms with Crippen LogP contribution in [0.25, 0.3) is 0 Å². The smallest absolute Gasteiger partial charge is 0.320 e. The molecule has 0 unspecified atom stereocenters. The molecule has 1 aliphatic heterocycles. The molecule has 2 aromatic carbocycles. The molecule has 0 radical (unpaired) electrons. The molecule has 120 valence electrons. The number of hydrogen-bond donors (Lipinski definition) is 1. The van der Waals surface area contributed by atoms with Crippen LogP contribution in [0.2, 0.25) is 10.0 Å². The molecule has 0 atom stereocenters. The molecule has 0 saturated heterocycles. The lowest BCUT2D eigenvalue weighted by molar-refractivity contribution is 0.206. The number of anilines is 1. The monoisotopic (exact) mass is 356 g/mol. The summed E-state index contributed by atoms with van der Waals surface area (Å²) in [7, 11) is 0. The van der Waals surface area contributed by atoms with Crippen LogP contribution in [0.4, 0.5) is 19.3 Å². The van der Waals surface area contributed by atoms with E-state index in [0.29, 0.717) is 34.3 Å². The van der Waals surface area contributed by atoms with E-state index in [-0.39, 0.29) is 12.6 Å². The fourth-order valence-corrected chi connectivity index (χ4v) is 2.80. The Bertz CT molecular complexity index is 783. The second-order valence-corrected chi connectivity index (χ2v) is 6.08. The minimum absolute atomic E-state index is 0.222. The van der Waals surface area contributed by atoms with Gasteiger partial charge in [-0.2, -0.15) is 0 Å². The number of rotatable bonds is 1. The van der Waals surface area contributed by atoms with Gasteiger partial charge in [-0.15, -0.1) is 0 Å². The lowest BCUT2D eigenvalue weighted by Crippen LogP contribution is -2.39. The number of hydrogen-bond acceptors (Lipinski definition) is 1. The molecule has 23 heavy (non-hydrogen) atoms. The first kappa shape index (κ1) is 16.0. The first-order valence-corrected chi connectivity index (χ1v) is 7.67. The summed E-state index contributed by atoms with van der Waals surface area (Å²) in [6.07, 6.45) is 0.474. The van der Waals surface area contributed by atoms with Crippen molar-refractivity contribution in [3.05, 3.63) is 63.1 Å². The fourth-order valence-electron chi connectivity index (χ4n) is 2.50.